The summed E-state index contributed by atoms with van der Waals surface area (Å²) in [5.41, 5.74) is 0. The molecule has 1 rings (SSSR count). The maximum absolute atomic E-state index is 12.2. The SMILES string of the molecule is CCNC(=NCCN(CC)C(C)C)N1CCS(=O)(=O)C(C)(C)C1.I. The molecule has 0 bridgehead atoms. The number of likely N-dealkylation sites (N-methyl/N-ethyl adjacent to an activating group) is 1. The van der Waals surface area contributed by atoms with Crippen molar-refractivity contribution in [3.05, 3.63) is 0 Å². The first kappa shape index (κ1) is 23.9. The molecule has 1 N–H and O–H groups in total. The maximum atomic E-state index is 12.2. The van der Waals surface area contributed by atoms with E-state index in [1.165, 1.54) is 0 Å². The molecule has 24 heavy (non-hydrogen) atoms. The van der Waals surface area contributed by atoms with Gasteiger partial charge in [0.1, 0.15) is 0 Å². The Balaban J connectivity index is 0.00000529. The van der Waals surface area contributed by atoms with Crippen LogP contribution in [0.3, 0.4) is 0 Å². The highest BCUT2D eigenvalue weighted by Crippen LogP contribution is 2.23. The molecule has 0 spiro atoms. The van der Waals surface area contributed by atoms with E-state index in [1.54, 1.807) is 13.8 Å². The van der Waals surface area contributed by atoms with Crippen LogP contribution >= 0.6 is 24.0 Å². The van der Waals surface area contributed by atoms with Crippen LogP contribution in [0.25, 0.3) is 0 Å². The Labute approximate surface area is 165 Å². The van der Waals surface area contributed by atoms with Crippen molar-refractivity contribution in [3.8, 4) is 0 Å². The van der Waals surface area contributed by atoms with E-state index in [0.717, 1.165) is 32.1 Å². The Bertz CT molecular complexity index is 506. The third kappa shape index (κ3) is 6.33. The molecular weight excluding hydrogens is 439 g/mol. The van der Waals surface area contributed by atoms with Crippen molar-refractivity contribution in [3.63, 3.8) is 0 Å². The number of hydrogen-bond acceptors (Lipinski definition) is 4. The summed E-state index contributed by atoms with van der Waals surface area (Å²) in [6.07, 6.45) is 0. The molecule has 0 amide bonds. The van der Waals surface area contributed by atoms with Crippen molar-refractivity contribution < 1.29 is 8.42 Å². The second-order valence-electron chi connectivity index (χ2n) is 6.96. The minimum Gasteiger partial charge on any atom is -0.357 e. The number of nitrogens with zero attached hydrogens (tertiary/aromatic N) is 3. The van der Waals surface area contributed by atoms with Crippen molar-refractivity contribution in [1.82, 2.24) is 15.1 Å². The number of hydrogen-bond donors (Lipinski definition) is 1. The van der Waals surface area contributed by atoms with Crippen molar-refractivity contribution in [2.75, 3.05) is 45.0 Å². The Morgan fingerprint density at radius 2 is 1.96 bits per heavy atom. The quantitative estimate of drug-likeness (QED) is 0.362. The maximum Gasteiger partial charge on any atom is 0.194 e. The lowest BCUT2D eigenvalue weighted by atomic mass is 10.2. The number of sulfone groups is 1. The fourth-order valence-corrected chi connectivity index (χ4v) is 4.18. The van der Waals surface area contributed by atoms with Crippen LogP contribution in [0.5, 0.6) is 0 Å². The average Bonchev–Trinajstić information content (AvgIpc) is 2.45. The van der Waals surface area contributed by atoms with E-state index < -0.39 is 14.6 Å². The van der Waals surface area contributed by atoms with Gasteiger partial charge in [0.25, 0.3) is 0 Å². The standard InChI is InChI=1S/C16H34N4O2S.HI/c1-7-17-15(18-9-10-19(8-2)14(3)4)20-11-12-23(21,22)16(5,6)13-20;/h14H,7-13H2,1-6H3,(H,17,18);1H. The normalized spacial score (nSPS) is 20.2. The van der Waals surface area contributed by atoms with Gasteiger partial charge in [0, 0.05) is 32.2 Å². The molecule has 0 saturated carbocycles. The van der Waals surface area contributed by atoms with Crippen LogP contribution < -0.4 is 5.32 Å². The van der Waals surface area contributed by atoms with Gasteiger partial charge in [-0.2, -0.15) is 0 Å². The molecule has 0 atom stereocenters. The van der Waals surface area contributed by atoms with Crippen LogP contribution in [-0.2, 0) is 9.84 Å². The Morgan fingerprint density at radius 1 is 1.33 bits per heavy atom. The lowest BCUT2D eigenvalue weighted by Crippen LogP contribution is -2.57. The third-order valence-electron chi connectivity index (χ3n) is 4.46. The summed E-state index contributed by atoms with van der Waals surface area (Å²) < 4.78 is 23.6. The Kier molecular flexibility index (Phi) is 10.1. The van der Waals surface area contributed by atoms with Crippen LogP contribution in [0, 0.1) is 0 Å². The van der Waals surface area contributed by atoms with Gasteiger partial charge in [-0.15, -0.1) is 24.0 Å². The van der Waals surface area contributed by atoms with Gasteiger partial charge in [-0.1, -0.05) is 6.92 Å². The zero-order valence-electron chi connectivity index (χ0n) is 16.0. The second-order valence-corrected chi connectivity index (χ2v) is 9.70. The highest BCUT2D eigenvalue weighted by molar-refractivity contribution is 14.0. The number of aliphatic imine (C=N–C) groups is 1. The second kappa shape index (κ2) is 10.2. The number of halogens is 1. The van der Waals surface area contributed by atoms with E-state index in [-0.39, 0.29) is 29.7 Å². The van der Waals surface area contributed by atoms with Crippen molar-refractivity contribution in [1.29, 1.82) is 0 Å². The molecule has 0 aromatic rings. The molecule has 0 aromatic heterocycles. The van der Waals surface area contributed by atoms with Gasteiger partial charge in [-0.05, 0) is 41.2 Å². The van der Waals surface area contributed by atoms with Gasteiger partial charge in [0.15, 0.2) is 15.8 Å². The number of nitrogens with one attached hydrogen (secondary N) is 1. The molecule has 0 unspecified atom stereocenters. The predicted molar refractivity (Wildman–Crippen MR) is 113 cm³/mol. The molecule has 1 aliphatic heterocycles. The summed E-state index contributed by atoms with van der Waals surface area (Å²) in [5.74, 6) is 1.02. The van der Waals surface area contributed by atoms with Crippen molar-refractivity contribution in [2.24, 2.45) is 4.99 Å². The van der Waals surface area contributed by atoms with E-state index in [0.29, 0.717) is 19.1 Å². The van der Waals surface area contributed by atoms with E-state index in [9.17, 15) is 8.42 Å². The monoisotopic (exact) mass is 474 g/mol. The summed E-state index contributed by atoms with van der Waals surface area (Å²) in [4.78, 5) is 9.17. The third-order valence-corrected chi connectivity index (χ3v) is 7.00. The summed E-state index contributed by atoms with van der Waals surface area (Å²) in [5, 5.41) is 3.30. The lowest BCUT2D eigenvalue weighted by Gasteiger charge is -2.39. The largest absolute Gasteiger partial charge is 0.357 e. The van der Waals surface area contributed by atoms with Gasteiger partial charge in [0.05, 0.1) is 17.0 Å². The molecule has 0 aliphatic carbocycles. The summed E-state index contributed by atoms with van der Waals surface area (Å²) >= 11 is 0. The molecule has 0 radical (unpaired) electrons. The highest BCUT2D eigenvalue weighted by atomic mass is 127. The topological polar surface area (TPSA) is 65.0 Å². The fraction of sp³-hybridized carbons (Fsp3) is 0.938. The molecule has 1 aliphatic rings. The molecule has 1 fully saturated rings. The zero-order valence-corrected chi connectivity index (χ0v) is 19.1. The van der Waals surface area contributed by atoms with Gasteiger partial charge in [0.2, 0.25) is 0 Å². The molecule has 6 nitrogen and oxygen atoms in total. The minimum atomic E-state index is -3.02. The molecule has 1 saturated heterocycles. The highest BCUT2D eigenvalue weighted by Gasteiger charge is 2.40. The van der Waals surface area contributed by atoms with Gasteiger partial charge in [-0.3, -0.25) is 9.89 Å². The molecule has 0 aromatic carbocycles. The molecular formula is C16H35IN4O2S. The molecule has 8 heteroatoms. The predicted octanol–water partition coefficient (Wildman–Crippen LogP) is 1.81. The van der Waals surface area contributed by atoms with Gasteiger partial charge >= 0.3 is 0 Å². The van der Waals surface area contributed by atoms with Gasteiger partial charge in [-0.25, -0.2) is 8.42 Å². The molecule has 144 valence electrons. The zero-order chi connectivity index (χ0) is 17.7. The minimum absolute atomic E-state index is 0. The summed E-state index contributed by atoms with van der Waals surface area (Å²) in [7, 11) is -3.02. The Morgan fingerprint density at radius 3 is 2.42 bits per heavy atom. The van der Waals surface area contributed by atoms with Crippen LogP contribution in [0.15, 0.2) is 4.99 Å². The smallest absolute Gasteiger partial charge is 0.194 e. The van der Waals surface area contributed by atoms with E-state index in [4.69, 9.17) is 4.99 Å². The summed E-state index contributed by atoms with van der Waals surface area (Å²) in [6, 6.07) is 0.511. The lowest BCUT2D eigenvalue weighted by molar-refractivity contribution is 0.240. The van der Waals surface area contributed by atoms with E-state index >= 15 is 0 Å². The van der Waals surface area contributed by atoms with Crippen molar-refractivity contribution in [2.45, 2.75) is 52.3 Å². The van der Waals surface area contributed by atoms with Crippen LogP contribution in [0.4, 0.5) is 0 Å². The fourth-order valence-electron chi connectivity index (χ4n) is 2.82. The number of guanidine groups is 1. The first-order valence-electron chi connectivity index (χ1n) is 8.64. The Hall–Kier alpha value is -0.0900. The van der Waals surface area contributed by atoms with Crippen LogP contribution in [0.1, 0.15) is 41.5 Å². The number of rotatable bonds is 6. The first-order chi connectivity index (χ1) is 10.6. The molecule has 1 heterocycles. The van der Waals surface area contributed by atoms with Crippen molar-refractivity contribution >= 4 is 39.8 Å². The van der Waals surface area contributed by atoms with E-state index in [1.807, 2.05) is 6.92 Å². The van der Waals surface area contributed by atoms with E-state index in [2.05, 4.69) is 35.9 Å². The first-order valence-corrected chi connectivity index (χ1v) is 10.3. The van der Waals surface area contributed by atoms with Crippen LogP contribution in [-0.4, -0.2) is 80.0 Å². The van der Waals surface area contributed by atoms with Gasteiger partial charge < -0.3 is 10.2 Å². The summed E-state index contributed by atoms with van der Waals surface area (Å²) in [6.45, 7) is 16.6. The van der Waals surface area contributed by atoms with Crippen LogP contribution in [0.2, 0.25) is 0 Å². The average molecular weight is 474 g/mol.